The van der Waals surface area contributed by atoms with Gasteiger partial charge in [0.05, 0.1) is 11.7 Å². The minimum Gasteiger partial charge on any atom is -0.388 e. The second-order valence-electron chi connectivity index (χ2n) is 4.38. The van der Waals surface area contributed by atoms with Crippen LogP contribution >= 0.6 is 15.9 Å². The number of rotatable bonds is 3. The molecule has 1 rings (SSSR count). The monoisotopic (exact) mass is 310 g/mol. The molecule has 1 N–H and O–H groups in total. The predicted octanol–water partition coefficient (Wildman–Crippen LogP) is 4.55. The van der Waals surface area contributed by atoms with Crippen molar-refractivity contribution in [3.05, 3.63) is 33.8 Å². The van der Waals surface area contributed by atoms with Gasteiger partial charge in [0.15, 0.2) is 0 Å². The van der Waals surface area contributed by atoms with Crippen molar-refractivity contribution in [2.45, 2.75) is 32.5 Å². The summed E-state index contributed by atoms with van der Waals surface area (Å²) >= 11 is 2.86. The Morgan fingerprint density at radius 3 is 2.35 bits per heavy atom. The average Bonchev–Trinajstić information content (AvgIpc) is 2.15. The summed E-state index contributed by atoms with van der Waals surface area (Å²) in [5.74, 6) is 0.225. The molecule has 1 atom stereocenters. The molecule has 0 fully saturated rings. The van der Waals surface area contributed by atoms with Gasteiger partial charge >= 0.3 is 6.18 Å². The predicted molar refractivity (Wildman–Crippen MR) is 63.6 cm³/mol. The first-order valence-electron chi connectivity index (χ1n) is 5.26. The van der Waals surface area contributed by atoms with Crippen LogP contribution in [0.2, 0.25) is 0 Å². The highest BCUT2D eigenvalue weighted by molar-refractivity contribution is 9.10. The van der Waals surface area contributed by atoms with Crippen molar-refractivity contribution < 1.29 is 18.3 Å². The molecular weight excluding hydrogens is 297 g/mol. The summed E-state index contributed by atoms with van der Waals surface area (Å²) < 4.78 is 37.9. The standard InChI is InChI=1S/C12H14BrF3O/c1-7(2)5-11(17)8-3-4-10(13)9(6-8)12(14,15)16/h3-4,6-7,11,17H,5H2,1-2H3. The van der Waals surface area contributed by atoms with E-state index in [1.54, 1.807) is 0 Å². The van der Waals surface area contributed by atoms with E-state index in [1.165, 1.54) is 12.1 Å². The molecule has 0 saturated carbocycles. The van der Waals surface area contributed by atoms with Gasteiger partial charge in [0.25, 0.3) is 0 Å². The van der Waals surface area contributed by atoms with Crippen molar-refractivity contribution in [2.24, 2.45) is 5.92 Å². The van der Waals surface area contributed by atoms with Gasteiger partial charge in [0.1, 0.15) is 0 Å². The Morgan fingerprint density at radius 2 is 1.88 bits per heavy atom. The fourth-order valence-electron chi connectivity index (χ4n) is 1.55. The second kappa shape index (κ2) is 5.40. The molecule has 0 radical (unpaired) electrons. The van der Waals surface area contributed by atoms with Gasteiger partial charge in [-0.3, -0.25) is 0 Å². The summed E-state index contributed by atoms with van der Waals surface area (Å²) in [6.45, 7) is 3.82. The fraction of sp³-hybridized carbons (Fsp3) is 0.500. The smallest absolute Gasteiger partial charge is 0.388 e. The molecule has 1 aromatic rings. The Morgan fingerprint density at radius 1 is 1.29 bits per heavy atom. The van der Waals surface area contributed by atoms with Gasteiger partial charge in [0.2, 0.25) is 0 Å². The zero-order chi connectivity index (χ0) is 13.2. The number of halogens is 4. The zero-order valence-corrected chi connectivity index (χ0v) is 11.1. The van der Waals surface area contributed by atoms with Crippen LogP contribution in [0.1, 0.15) is 37.5 Å². The van der Waals surface area contributed by atoms with Crippen molar-refractivity contribution in [3.8, 4) is 0 Å². The van der Waals surface area contributed by atoms with E-state index in [-0.39, 0.29) is 10.4 Å². The third-order valence-electron chi connectivity index (χ3n) is 2.38. The van der Waals surface area contributed by atoms with E-state index in [4.69, 9.17) is 0 Å². The lowest BCUT2D eigenvalue weighted by Gasteiger charge is -2.16. The molecule has 0 aromatic heterocycles. The molecule has 1 aromatic carbocycles. The normalized spacial score (nSPS) is 14.1. The molecule has 0 aliphatic rings. The van der Waals surface area contributed by atoms with E-state index in [2.05, 4.69) is 15.9 Å². The minimum absolute atomic E-state index is 0.00880. The molecule has 0 bridgehead atoms. The van der Waals surface area contributed by atoms with Gasteiger partial charge in [-0.25, -0.2) is 0 Å². The Labute approximate surface area is 107 Å². The lowest BCUT2D eigenvalue weighted by molar-refractivity contribution is -0.138. The average molecular weight is 311 g/mol. The third kappa shape index (κ3) is 4.00. The molecule has 0 amide bonds. The van der Waals surface area contributed by atoms with Gasteiger partial charge < -0.3 is 5.11 Å². The van der Waals surface area contributed by atoms with Crippen LogP contribution in [-0.4, -0.2) is 5.11 Å². The van der Waals surface area contributed by atoms with Crippen molar-refractivity contribution in [2.75, 3.05) is 0 Å². The number of aliphatic hydroxyl groups is 1. The first kappa shape index (κ1) is 14.5. The van der Waals surface area contributed by atoms with Gasteiger partial charge in [0, 0.05) is 4.47 Å². The SMILES string of the molecule is CC(C)CC(O)c1ccc(Br)c(C(F)(F)F)c1. The van der Waals surface area contributed by atoms with Crippen LogP contribution in [0.25, 0.3) is 0 Å². The largest absolute Gasteiger partial charge is 0.417 e. The van der Waals surface area contributed by atoms with E-state index in [0.717, 1.165) is 6.07 Å². The molecule has 1 nitrogen and oxygen atoms in total. The maximum atomic E-state index is 12.6. The molecule has 0 aliphatic carbocycles. The second-order valence-corrected chi connectivity index (χ2v) is 5.24. The number of alkyl halides is 3. The highest BCUT2D eigenvalue weighted by Gasteiger charge is 2.33. The molecule has 5 heteroatoms. The van der Waals surface area contributed by atoms with Crippen molar-refractivity contribution in [1.82, 2.24) is 0 Å². The van der Waals surface area contributed by atoms with Gasteiger partial charge in [-0.05, 0) is 30.0 Å². The molecule has 0 spiro atoms. The van der Waals surface area contributed by atoms with Gasteiger partial charge in [-0.15, -0.1) is 0 Å². The van der Waals surface area contributed by atoms with Crippen LogP contribution in [0.3, 0.4) is 0 Å². The molecule has 0 aliphatic heterocycles. The number of hydrogen-bond donors (Lipinski definition) is 1. The lowest BCUT2D eigenvalue weighted by atomic mass is 9.98. The van der Waals surface area contributed by atoms with Crippen LogP contribution in [0.15, 0.2) is 22.7 Å². The summed E-state index contributed by atoms with van der Waals surface area (Å²) in [6, 6.07) is 3.82. The molecule has 1 unspecified atom stereocenters. The Balaban J connectivity index is 3.04. The number of hydrogen-bond acceptors (Lipinski definition) is 1. The van der Waals surface area contributed by atoms with Crippen LogP contribution in [0, 0.1) is 5.92 Å². The Hall–Kier alpha value is -0.550. The Kier molecular flexibility index (Phi) is 4.61. The minimum atomic E-state index is -4.41. The zero-order valence-electron chi connectivity index (χ0n) is 9.55. The molecule has 0 heterocycles. The highest BCUT2D eigenvalue weighted by atomic mass is 79.9. The summed E-state index contributed by atoms with van der Waals surface area (Å²) in [6.07, 6.45) is -4.82. The summed E-state index contributed by atoms with van der Waals surface area (Å²) in [5.41, 5.74) is -0.452. The molecule has 96 valence electrons. The first-order chi connectivity index (χ1) is 7.71. The maximum Gasteiger partial charge on any atom is 0.417 e. The summed E-state index contributed by atoms with van der Waals surface area (Å²) in [4.78, 5) is 0. The summed E-state index contributed by atoms with van der Waals surface area (Å²) in [5, 5.41) is 9.79. The van der Waals surface area contributed by atoms with E-state index in [0.29, 0.717) is 12.0 Å². The molecule has 17 heavy (non-hydrogen) atoms. The summed E-state index contributed by atoms with van der Waals surface area (Å²) in [7, 11) is 0. The van der Waals surface area contributed by atoms with E-state index >= 15 is 0 Å². The first-order valence-corrected chi connectivity index (χ1v) is 6.06. The Bertz CT molecular complexity index is 388. The lowest BCUT2D eigenvalue weighted by Crippen LogP contribution is -2.09. The van der Waals surface area contributed by atoms with Gasteiger partial charge in [-0.1, -0.05) is 35.8 Å². The molecule has 0 saturated heterocycles. The highest BCUT2D eigenvalue weighted by Crippen LogP contribution is 2.36. The van der Waals surface area contributed by atoms with Crippen LogP contribution in [-0.2, 0) is 6.18 Å². The number of aliphatic hydroxyl groups excluding tert-OH is 1. The quantitative estimate of drug-likeness (QED) is 0.868. The van der Waals surface area contributed by atoms with Crippen LogP contribution in [0.4, 0.5) is 13.2 Å². The van der Waals surface area contributed by atoms with Crippen LogP contribution in [0.5, 0.6) is 0 Å². The topological polar surface area (TPSA) is 20.2 Å². The third-order valence-corrected chi connectivity index (χ3v) is 3.07. The van der Waals surface area contributed by atoms with Gasteiger partial charge in [-0.2, -0.15) is 13.2 Å². The van der Waals surface area contributed by atoms with E-state index in [9.17, 15) is 18.3 Å². The van der Waals surface area contributed by atoms with E-state index in [1.807, 2.05) is 13.8 Å². The fourth-order valence-corrected chi connectivity index (χ4v) is 2.02. The van der Waals surface area contributed by atoms with Crippen molar-refractivity contribution in [3.63, 3.8) is 0 Å². The van der Waals surface area contributed by atoms with Crippen molar-refractivity contribution >= 4 is 15.9 Å². The maximum absolute atomic E-state index is 12.6. The molecular formula is C12H14BrF3O. The number of benzene rings is 1. The van der Waals surface area contributed by atoms with Crippen molar-refractivity contribution in [1.29, 1.82) is 0 Å². The van der Waals surface area contributed by atoms with E-state index < -0.39 is 17.8 Å². The van der Waals surface area contributed by atoms with Crippen LogP contribution < -0.4 is 0 Å².